The highest BCUT2D eigenvalue weighted by atomic mass is 16.5. The molecule has 7 heteroatoms. The third-order valence-corrected chi connectivity index (χ3v) is 4.19. The van der Waals surface area contributed by atoms with E-state index in [0.29, 0.717) is 18.9 Å². The van der Waals surface area contributed by atoms with Crippen LogP contribution in [0.4, 0.5) is 5.82 Å². The molecular weight excluding hydrogens is 330 g/mol. The van der Waals surface area contributed by atoms with E-state index in [0.717, 1.165) is 33.7 Å². The molecule has 0 bridgehead atoms. The van der Waals surface area contributed by atoms with Crippen LogP contribution in [0.5, 0.6) is 0 Å². The van der Waals surface area contributed by atoms with Gasteiger partial charge in [-0.3, -0.25) is 4.79 Å². The summed E-state index contributed by atoms with van der Waals surface area (Å²) in [5, 5.41) is 4.22. The first kappa shape index (κ1) is 17.9. The molecule has 0 aliphatic heterocycles. The molecule has 0 aliphatic carbocycles. The lowest BCUT2D eigenvalue weighted by molar-refractivity contribution is -0.142. The van der Waals surface area contributed by atoms with Gasteiger partial charge >= 0.3 is 5.97 Å². The van der Waals surface area contributed by atoms with Gasteiger partial charge in [-0.2, -0.15) is 0 Å². The molecule has 0 saturated carbocycles. The number of carbonyl (C=O) groups is 1. The Morgan fingerprint density at radius 3 is 2.73 bits per heavy atom. The monoisotopic (exact) mass is 353 g/mol. The third kappa shape index (κ3) is 3.83. The Kier molecular flexibility index (Phi) is 5.48. The van der Waals surface area contributed by atoms with Crippen LogP contribution in [0.3, 0.4) is 0 Å². The summed E-state index contributed by atoms with van der Waals surface area (Å²) in [7, 11) is 0. The fraction of sp³-hybridized carbons (Fsp3) is 0.316. The predicted molar refractivity (Wildman–Crippen MR) is 102 cm³/mol. The number of fused-ring (bicyclic) bond motifs is 1. The molecule has 0 atom stereocenters. The fourth-order valence-corrected chi connectivity index (χ4v) is 2.73. The molecule has 3 aromatic rings. The molecule has 0 saturated heterocycles. The Bertz CT molecular complexity index is 905. The zero-order chi connectivity index (χ0) is 18.5. The second-order valence-corrected chi connectivity index (χ2v) is 6.05. The number of benzene rings is 1. The van der Waals surface area contributed by atoms with E-state index in [4.69, 9.17) is 15.5 Å². The standard InChI is InChI=1S/C19H23N5O2/c1-12-13(2)22-19-16(12)18(21-10-11-26-15(25)8-9-20)23-17(24-19)14-6-4-3-5-7-14/h3-7H,8-11,20H2,1-2H3,(H2,21,22,23,24). The Morgan fingerprint density at radius 1 is 1.23 bits per heavy atom. The number of nitrogens with two attached hydrogens (primary N) is 1. The zero-order valence-corrected chi connectivity index (χ0v) is 15.0. The summed E-state index contributed by atoms with van der Waals surface area (Å²) < 4.78 is 5.13. The quantitative estimate of drug-likeness (QED) is 0.445. The second kappa shape index (κ2) is 7.97. The molecule has 1 aromatic carbocycles. The first-order valence-electron chi connectivity index (χ1n) is 8.62. The highest BCUT2D eigenvalue weighted by Crippen LogP contribution is 2.28. The second-order valence-electron chi connectivity index (χ2n) is 6.05. The van der Waals surface area contributed by atoms with Gasteiger partial charge in [0.2, 0.25) is 0 Å². The smallest absolute Gasteiger partial charge is 0.307 e. The van der Waals surface area contributed by atoms with Gasteiger partial charge in [-0.1, -0.05) is 30.3 Å². The van der Waals surface area contributed by atoms with Gasteiger partial charge in [-0.15, -0.1) is 0 Å². The maximum Gasteiger partial charge on any atom is 0.307 e. The topological polar surface area (TPSA) is 106 Å². The van der Waals surface area contributed by atoms with Crippen molar-refractivity contribution >= 4 is 22.8 Å². The minimum absolute atomic E-state index is 0.228. The number of aryl methyl sites for hydroxylation is 2. The maximum absolute atomic E-state index is 11.4. The van der Waals surface area contributed by atoms with Crippen molar-refractivity contribution in [2.45, 2.75) is 20.3 Å². The molecule has 0 unspecified atom stereocenters. The minimum Gasteiger partial charge on any atom is -0.464 e. The van der Waals surface area contributed by atoms with Crippen molar-refractivity contribution in [1.82, 2.24) is 15.0 Å². The summed E-state index contributed by atoms with van der Waals surface area (Å²) >= 11 is 0. The van der Waals surface area contributed by atoms with Gasteiger partial charge in [0.25, 0.3) is 0 Å². The normalized spacial score (nSPS) is 10.9. The largest absolute Gasteiger partial charge is 0.464 e. The Morgan fingerprint density at radius 2 is 2.00 bits per heavy atom. The molecule has 0 amide bonds. The van der Waals surface area contributed by atoms with Gasteiger partial charge < -0.3 is 20.8 Å². The SMILES string of the molecule is Cc1[nH]c2nc(-c3ccccc3)nc(NCCOC(=O)CCN)c2c1C. The maximum atomic E-state index is 11.4. The summed E-state index contributed by atoms with van der Waals surface area (Å²) in [4.78, 5) is 24.1. The van der Waals surface area contributed by atoms with Crippen LogP contribution in [0.1, 0.15) is 17.7 Å². The van der Waals surface area contributed by atoms with E-state index < -0.39 is 0 Å². The number of carbonyl (C=O) groups excluding carboxylic acids is 1. The Labute approximate surface area is 152 Å². The van der Waals surface area contributed by atoms with Crippen molar-refractivity contribution in [3.8, 4) is 11.4 Å². The lowest BCUT2D eigenvalue weighted by Gasteiger charge is -2.10. The third-order valence-electron chi connectivity index (χ3n) is 4.19. The molecule has 0 aliphatic rings. The van der Waals surface area contributed by atoms with E-state index >= 15 is 0 Å². The van der Waals surface area contributed by atoms with Crippen molar-refractivity contribution in [3.63, 3.8) is 0 Å². The van der Waals surface area contributed by atoms with Gasteiger partial charge in [0.15, 0.2) is 5.82 Å². The number of anilines is 1. The summed E-state index contributed by atoms with van der Waals surface area (Å²) in [5.74, 6) is 1.08. The zero-order valence-electron chi connectivity index (χ0n) is 15.0. The highest BCUT2D eigenvalue weighted by Gasteiger charge is 2.15. The van der Waals surface area contributed by atoms with Crippen molar-refractivity contribution < 1.29 is 9.53 Å². The molecule has 2 heterocycles. The predicted octanol–water partition coefficient (Wildman–Crippen LogP) is 2.55. The molecule has 2 aromatic heterocycles. The number of hydrogen-bond acceptors (Lipinski definition) is 6. The molecule has 0 fully saturated rings. The molecule has 0 spiro atoms. The van der Waals surface area contributed by atoms with Crippen LogP contribution in [0.2, 0.25) is 0 Å². The van der Waals surface area contributed by atoms with Crippen molar-refractivity contribution in [1.29, 1.82) is 0 Å². The van der Waals surface area contributed by atoms with E-state index in [1.165, 1.54) is 0 Å². The number of nitrogens with one attached hydrogen (secondary N) is 2. The molecular formula is C19H23N5O2. The van der Waals surface area contributed by atoms with Gasteiger partial charge in [0.05, 0.1) is 18.4 Å². The van der Waals surface area contributed by atoms with Gasteiger partial charge in [0, 0.05) is 17.8 Å². The van der Waals surface area contributed by atoms with Gasteiger partial charge in [-0.05, 0) is 19.4 Å². The summed E-state index contributed by atoms with van der Waals surface area (Å²) in [6.07, 6.45) is 0.228. The average molecular weight is 353 g/mol. The highest BCUT2D eigenvalue weighted by molar-refractivity contribution is 5.92. The van der Waals surface area contributed by atoms with E-state index in [2.05, 4.69) is 15.3 Å². The average Bonchev–Trinajstić information content (AvgIpc) is 2.94. The molecule has 7 nitrogen and oxygen atoms in total. The van der Waals surface area contributed by atoms with Gasteiger partial charge in [0.1, 0.15) is 18.1 Å². The number of H-pyrrole nitrogens is 1. The van der Waals surface area contributed by atoms with Gasteiger partial charge in [-0.25, -0.2) is 9.97 Å². The van der Waals surface area contributed by atoms with Crippen molar-refractivity contribution in [3.05, 3.63) is 41.6 Å². The molecule has 26 heavy (non-hydrogen) atoms. The number of rotatable bonds is 7. The summed E-state index contributed by atoms with van der Waals surface area (Å²) in [5.41, 5.74) is 9.22. The molecule has 136 valence electrons. The first-order chi connectivity index (χ1) is 12.6. The molecule has 0 radical (unpaired) electrons. The van der Waals surface area contributed by atoms with Crippen molar-refractivity contribution in [2.24, 2.45) is 5.73 Å². The van der Waals surface area contributed by atoms with Crippen molar-refractivity contribution in [2.75, 3.05) is 25.0 Å². The fourth-order valence-electron chi connectivity index (χ4n) is 2.73. The minimum atomic E-state index is -0.291. The number of esters is 1. The Balaban J connectivity index is 1.86. The van der Waals surface area contributed by atoms with Crippen LogP contribution in [-0.2, 0) is 9.53 Å². The molecule has 3 rings (SSSR count). The summed E-state index contributed by atoms with van der Waals surface area (Å²) in [6, 6.07) is 9.82. The number of aromatic nitrogens is 3. The van der Waals surface area contributed by atoms with Crippen LogP contribution in [0.25, 0.3) is 22.4 Å². The molecule has 4 N–H and O–H groups in total. The Hall–Kier alpha value is -2.93. The van der Waals surface area contributed by atoms with Crippen LogP contribution in [-0.4, -0.2) is 40.6 Å². The number of aromatic amines is 1. The van der Waals surface area contributed by atoms with Crippen LogP contribution < -0.4 is 11.1 Å². The first-order valence-corrected chi connectivity index (χ1v) is 8.62. The van der Waals surface area contributed by atoms with E-state index in [-0.39, 0.29) is 19.0 Å². The lowest BCUT2D eigenvalue weighted by Crippen LogP contribution is -2.17. The van der Waals surface area contributed by atoms with E-state index in [1.807, 2.05) is 44.2 Å². The number of hydrogen-bond donors (Lipinski definition) is 3. The van der Waals surface area contributed by atoms with E-state index in [9.17, 15) is 4.79 Å². The van der Waals surface area contributed by atoms with Crippen LogP contribution in [0, 0.1) is 13.8 Å². The summed E-state index contributed by atoms with van der Waals surface area (Å²) in [6.45, 7) is 5.05. The van der Waals surface area contributed by atoms with Crippen LogP contribution in [0.15, 0.2) is 30.3 Å². The van der Waals surface area contributed by atoms with E-state index in [1.54, 1.807) is 0 Å². The number of ether oxygens (including phenoxy) is 1. The lowest BCUT2D eigenvalue weighted by atomic mass is 10.2. The number of nitrogens with zero attached hydrogens (tertiary/aromatic N) is 2. The van der Waals surface area contributed by atoms with Crippen LogP contribution >= 0.6 is 0 Å².